The van der Waals surface area contributed by atoms with Crippen molar-refractivity contribution in [1.82, 2.24) is 0 Å². The van der Waals surface area contributed by atoms with E-state index in [1.165, 1.54) is 0 Å². The second kappa shape index (κ2) is 12.0. The fraction of sp³-hybridized carbons (Fsp3) is 0.700. The van der Waals surface area contributed by atoms with Crippen LogP contribution in [-0.2, 0) is 9.59 Å². The first-order valence-electron chi connectivity index (χ1n) is 9.38. The number of aliphatic carboxylic acids is 1. The minimum atomic E-state index is -0.795. The van der Waals surface area contributed by atoms with E-state index in [1.54, 1.807) is 0 Å². The molecule has 0 spiro atoms. The molecule has 0 aromatic heterocycles. The molecule has 0 radical (unpaired) electrons. The van der Waals surface area contributed by atoms with Gasteiger partial charge in [-0.3, -0.25) is 9.59 Å². The molecule has 3 N–H and O–H groups in total. The van der Waals surface area contributed by atoms with Gasteiger partial charge in [-0.25, -0.2) is 0 Å². The van der Waals surface area contributed by atoms with Crippen LogP contribution in [0.5, 0.6) is 0 Å². The van der Waals surface area contributed by atoms with Crippen LogP contribution in [0, 0.1) is 11.8 Å². The molecule has 142 valence electrons. The Labute approximate surface area is 150 Å². The lowest BCUT2D eigenvalue weighted by molar-refractivity contribution is -0.137. The first-order chi connectivity index (χ1) is 12.0. The molecule has 1 rings (SSSR count). The number of aliphatic hydroxyl groups is 2. The Balaban J connectivity index is 2.43. The fourth-order valence-electron chi connectivity index (χ4n) is 3.28. The van der Waals surface area contributed by atoms with Crippen LogP contribution in [0.4, 0.5) is 0 Å². The molecule has 1 fully saturated rings. The average molecular weight is 352 g/mol. The maximum absolute atomic E-state index is 12.1. The third-order valence-corrected chi connectivity index (χ3v) is 4.70. The Kier molecular flexibility index (Phi) is 10.3. The Morgan fingerprint density at radius 2 is 2.00 bits per heavy atom. The average Bonchev–Trinajstić information content (AvgIpc) is 2.81. The summed E-state index contributed by atoms with van der Waals surface area (Å²) in [6, 6.07) is 0. The van der Waals surface area contributed by atoms with Crippen LogP contribution >= 0.6 is 0 Å². The third-order valence-electron chi connectivity index (χ3n) is 4.70. The van der Waals surface area contributed by atoms with Crippen molar-refractivity contribution in [1.29, 1.82) is 0 Å². The second-order valence-corrected chi connectivity index (χ2v) is 6.86. The van der Waals surface area contributed by atoms with Crippen LogP contribution in [0.1, 0.15) is 64.7 Å². The molecular weight excluding hydrogens is 320 g/mol. The summed E-state index contributed by atoms with van der Waals surface area (Å²) in [6.45, 7) is 2.04. The molecule has 0 unspecified atom stereocenters. The lowest BCUT2D eigenvalue weighted by atomic mass is 9.90. The lowest BCUT2D eigenvalue weighted by Crippen LogP contribution is -2.18. The standard InChI is InChI=1S/C20H32O5/c1-2-9-15(21)10-7-8-12-17-16(18(22)14-19(17)23)11-5-3-4-6-13-20(24)25/h3,5,8,12,15-17,19,21,23H,2,4,6-7,9-11,13-14H2,1H3,(H,24,25)/t15-,16-,17-,19-/m1/s1. The maximum atomic E-state index is 12.1. The monoisotopic (exact) mass is 352 g/mol. The Hall–Kier alpha value is -1.46. The van der Waals surface area contributed by atoms with Gasteiger partial charge in [0.2, 0.25) is 0 Å². The van der Waals surface area contributed by atoms with Crippen molar-refractivity contribution in [3.05, 3.63) is 24.3 Å². The number of Topliss-reactive ketones (excluding diaryl/α,β-unsaturated/α-hetero) is 1. The number of rotatable bonds is 12. The van der Waals surface area contributed by atoms with Crippen LogP contribution in [0.25, 0.3) is 0 Å². The van der Waals surface area contributed by atoms with E-state index in [2.05, 4.69) is 0 Å². The summed E-state index contributed by atoms with van der Waals surface area (Å²) in [6.07, 6.45) is 12.2. The SMILES string of the molecule is CCC[C@@H](O)CCC=C[C@H]1[C@H](O)CC(=O)[C@@H]1CC=CCCCC(=O)O. The Morgan fingerprint density at radius 1 is 1.24 bits per heavy atom. The van der Waals surface area contributed by atoms with Gasteiger partial charge in [0.15, 0.2) is 0 Å². The topological polar surface area (TPSA) is 94.8 Å². The molecule has 0 amide bonds. The lowest BCUT2D eigenvalue weighted by Gasteiger charge is -2.16. The summed E-state index contributed by atoms with van der Waals surface area (Å²) >= 11 is 0. The normalized spacial score (nSPS) is 25.2. The summed E-state index contributed by atoms with van der Waals surface area (Å²) in [5.74, 6) is -1.08. The zero-order chi connectivity index (χ0) is 18.7. The number of carbonyl (C=O) groups excluding carboxylic acids is 1. The van der Waals surface area contributed by atoms with Crippen LogP contribution in [0.15, 0.2) is 24.3 Å². The summed E-state index contributed by atoms with van der Waals surface area (Å²) in [5.41, 5.74) is 0. The number of carbonyl (C=O) groups is 2. The molecule has 1 aliphatic rings. The summed E-state index contributed by atoms with van der Waals surface area (Å²) in [4.78, 5) is 22.5. The van der Waals surface area contributed by atoms with Gasteiger partial charge in [-0.15, -0.1) is 0 Å². The predicted octanol–water partition coefficient (Wildman–Crippen LogP) is 3.25. The second-order valence-electron chi connectivity index (χ2n) is 6.86. The number of aliphatic hydroxyl groups excluding tert-OH is 2. The number of unbranched alkanes of at least 4 members (excludes halogenated alkanes) is 1. The zero-order valence-electron chi connectivity index (χ0n) is 15.1. The highest BCUT2D eigenvalue weighted by Crippen LogP contribution is 2.33. The minimum absolute atomic E-state index is 0.0864. The van der Waals surface area contributed by atoms with Gasteiger partial charge >= 0.3 is 5.97 Å². The van der Waals surface area contributed by atoms with Gasteiger partial charge in [-0.05, 0) is 38.5 Å². The fourth-order valence-corrected chi connectivity index (χ4v) is 3.28. The van der Waals surface area contributed by atoms with Gasteiger partial charge in [0.1, 0.15) is 5.78 Å². The molecule has 0 aliphatic heterocycles. The maximum Gasteiger partial charge on any atom is 0.303 e. The number of ketones is 1. The van der Waals surface area contributed by atoms with E-state index in [9.17, 15) is 19.8 Å². The van der Waals surface area contributed by atoms with Gasteiger partial charge in [-0.2, -0.15) is 0 Å². The van der Waals surface area contributed by atoms with Gasteiger partial charge in [0.25, 0.3) is 0 Å². The first kappa shape index (κ1) is 21.6. The van der Waals surface area contributed by atoms with E-state index in [4.69, 9.17) is 5.11 Å². The van der Waals surface area contributed by atoms with E-state index in [1.807, 2.05) is 31.2 Å². The van der Waals surface area contributed by atoms with Gasteiger partial charge < -0.3 is 15.3 Å². The van der Waals surface area contributed by atoms with E-state index in [0.717, 1.165) is 19.3 Å². The number of carboxylic acid groups (broad SMARTS) is 1. The predicted molar refractivity (Wildman–Crippen MR) is 97.1 cm³/mol. The molecule has 0 saturated heterocycles. The molecule has 0 aromatic rings. The molecular formula is C20H32O5. The van der Waals surface area contributed by atoms with E-state index >= 15 is 0 Å². The van der Waals surface area contributed by atoms with Crippen molar-refractivity contribution in [2.45, 2.75) is 76.9 Å². The molecule has 0 aromatic carbocycles. The smallest absolute Gasteiger partial charge is 0.303 e. The minimum Gasteiger partial charge on any atom is -0.481 e. The summed E-state index contributed by atoms with van der Waals surface area (Å²) in [5, 5.41) is 28.4. The van der Waals surface area contributed by atoms with Crippen LogP contribution in [0.3, 0.4) is 0 Å². The van der Waals surface area contributed by atoms with Crippen LogP contribution in [0.2, 0.25) is 0 Å². The number of allylic oxidation sites excluding steroid dienone is 3. The van der Waals surface area contributed by atoms with Gasteiger partial charge in [0.05, 0.1) is 12.2 Å². The van der Waals surface area contributed by atoms with Crippen molar-refractivity contribution >= 4 is 11.8 Å². The van der Waals surface area contributed by atoms with Crippen molar-refractivity contribution in [2.75, 3.05) is 0 Å². The Morgan fingerprint density at radius 3 is 2.68 bits per heavy atom. The largest absolute Gasteiger partial charge is 0.481 e. The van der Waals surface area contributed by atoms with E-state index < -0.39 is 12.1 Å². The summed E-state index contributed by atoms with van der Waals surface area (Å²) < 4.78 is 0. The third kappa shape index (κ3) is 8.45. The van der Waals surface area contributed by atoms with Gasteiger partial charge in [-0.1, -0.05) is 37.6 Å². The van der Waals surface area contributed by atoms with Crippen LogP contribution in [-0.4, -0.2) is 39.3 Å². The molecule has 1 aliphatic carbocycles. The van der Waals surface area contributed by atoms with E-state index in [-0.39, 0.29) is 36.6 Å². The number of carboxylic acids is 1. The molecule has 5 nitrogen and oxygen atoms in total. The summed E-state index contributed by atoms with van der Waals surface area (Å²) in [7, 11) is 0. The molecule has 1 saturated carbocycles. The quantitative estimate of drug-likeness (QED) is 0.370. The van der Waals surface area contributed by atoms with Crippen molar-refractivity contribution < 1.29 is 24.9 Å². The number of hydrogen-bond donors (Lipinski definition) is 3. The van der Waals surface area contributed by atoms with Gasteiger partial charge in [0, 0.05) is 24.7 Å². The highest BCUT2D eigenvalue weighted by molar-refractivity contribution is 5.84. The molecule has 25 heavy (non-hydrogen) atoms. The Bertz CT molecular complexity index is 469. The zero-order valence-corrected chi connectivity index (χ0v) is 15.1. The molecule has 4 atom stereocenters. The van der Waals surface area contributed by atoms with Crippen molar-refractivity contribution in [3.8, 4) is 0 Å². The van der Waals surface area contributed by atoms with Crippen molar-refractivity contribution in [3.63, 3.8) is 0 Å². The first-order valence-corrected chi connectivity index (χ1v) is 9.38. The molecule has 0 bridgehead atoms. The molecule has 0 heterocycles. The highest BCUT2D eigenvalue weighted by Gasteiger charge is 2.38. The molecule has 5 heteroatoms. The highest BCUT2D eigenvalue weighted by atomic mass is 16.4. The van der Waals surface area contributed by atoms with E-state index in [0.29, 0.717) is 25.7 Å². The van der Waals surface area contributed by atoms with Crippen molar-refractivity contribution in [2.24, 2.45) is 11.8 Å². The number of hydrogen-bond acceptors (Lipinski definition) is 4. The van der Waals surface area contributed by atoms with Crippen LogP contribution < -0.4 is 0 Å².